The Hall–Kier alpha value is -4.26. The SMILES string of the molecule is COc1ccc(NC(=O)[C@H]2Oc3c(c(=O)oc4ccccc34)[C@H]2c2ccc(OC)cc2)cc1. The highest BCUT2D eigenvalue weighted by atomic mass is 16.5. The van der Waals surface area contributed by atoms with E-state index < -0.39 is 17.6 Å². The fourth-order valence-corrected chi connectivity index (χ4v) is 4.12. The number of para-hydroxylation sites is 1. The van der Waals surface area contributed by atoms with Gasteiger partial charge in [0, 0.05) is 5.69 Å². The highest BCUT2D eigenvalue weighted by Gasteiger charge is 2.44. The molecule has 0 bridgehead atoms. The van der Waals surface area contributed by atoms with Gasteiger partial charge >= 0.3 is 5.63 Å². The van der Waals surface area contributed by atoms with E-state index in [1.165, 1.54) is 0 Å². The van der Waals surface area contributed by atoms with E-state index in [0.717, 1.165) is 5.56 Å². The summed E-state index contributed by atoms with van der Waals surface area (Å²) in [5.41, 5.74) is 1.54. The number of nitrogens with one attached hydrogen (secondary N) is 1. The summed E-state index contributed by atoms with van der Waals surface area (Å²) in [6, 6.07) is 21.3. The van der Waals surface area contributed by atoms with Crippen LogP contribution < -0.4 is 25.2 Å². The zero-order valence-corrected chi connectivity index (χ0v) is 18.0. The number of benzene rings is 3. The van der Waals surface area contributed by atoms with Crippen molar-refractivity contribution in [1.82, 2.24) is 0 Å². The van der Waals surface area contributed by atoms with Crippen LogP contribution in [0.15, 0.2) is 82.0 Å². The lowest BCUT2D eigenvalue weighted by molar-refractivity contribution is -0.122. The Balaban J connectivity index is 1.59. The Morgan fingerprint density at radius 1 is 0.879 bits per heavy atom. The Labute approximate surface area is 189 Å². The largest absolute Gasteiger partial charge is 0.497 e. The molecule has 0 radical (unpaired) electrons. The molecule has 33 heavy (non-hydrogen) atoms. The van der Waals surface area contributed by atoms with Crippen LogP contribution in [-0.2, 0) is 4.79 Å². The van der Waals surface area contributed by atoms with Gasteiger partial charge in [0.2, 0.25) is 0 Å². The molecular weight excluding hydrogens is 422 g/mol. The summed E-state index contributed by atoms with van der Waals surface area (Å²) in [5, 5.41) is 3.53. The van der Waals surface area contributed by atoms with E-state index in [1.807, 2.05) is 24.3 Å². The molecule has 5 rings (SSSR count). The molecule has 1 amide bonds. The van der Waals surface area contributed by atoms with Crippen LogP contribution in [0.25, 0.3) is 11.0 Å². The molecule has 0 aliphatic carbocycles. The van der Waals surface area contributed by atoms with Crippen molar-refractivity contribution in [3.8, 4) is 17.2 Å². The topological polar surface area (TPSA) is 87.0 Å². The van der Waals surface area contributed by atoms with Gasteiger partial charge in [-0.3, -0.25) is 4.79 Å². The molecule has 1 aliphatic rings. The van der Waals surface area contributed by atoms with Crippen molar-refractivity contribution in [2.45, 2.75) is 12.0 Å². The average Bonchev–Trinajstić information content (AvgIpc) is 3.26. The zero-order chi connectivity index (χ0) is 22.9. The molecule has 0 fully saturated rings. The third-order valence-electron chi connectivity index (χ3n) is 5.75. The van der Waals surface area contributed by atoms with E-state index in [-0.39, 0.29) is 5.91 Å². The van der Waals surface area contributed by atoms with Crippen molar-refractivity contribution in [2.75, 3.05) is 19.5 Å². The molecule has 2 atom stereocenters. The van der Waals surface area contributed by atoms with Crippen LogP contribution in [0.2, 0.25) is 0 Å². The smallest absolute Gasteiger partial charge is 0.344 e. The monoisotopic (exact) mass is 443 g/mol. The Kier molecular flexibility index (Phi) is 5.22. The fourth-order valence-electron chi connectivity index (χ4n) is 4.12. The summed E-state index contributed by atoms with van der Waals surface area (Å²) in [7, 11) is 3.15. The van der Waals surface area contributed by atoms with Gasteiger partial charge in [-0.1, -0.05) is 24.3 Å². The molecule has 0 spiro atoms. The highest BCUT2D eigenvalue weighted by molar-refractivity contribution is 5.97. The normalized spacial score (nSPS) is 16.7. The molecule has 0 unspecified atom stereocenters. The molecule has 1 aromatic heterocycles. The van der Waals surface area contributed by atoms with Crippen LogP contribution in [0, 0.1) is 0 Å². The van der Waals surface area contributed by atoms with Gasteiger partial charge in [-0.25, -0.2) is 4.79 Å². The van der Waals surface area contributed by atoms with Gasteiger partial charge in [0.05, 0.1) is 31.1 Å². The van der Waals surface area contributed by atoms with Gasteiger partial charge in [-0.2, -0.15) is 0 Å². The Morgan fingerprint density at radius 3 is 2.18 bits per heavy atom. The van der Waals surface area contributed by atoms with Crippen molar-refractivity contribution in [3.63, 3.8) is 0 Å². The van der Waals surface area contributed by atoms with Gasteiger partial charge in [-0.05, 0) is 54.1 Å². The summed E-state index contributed by atoms with van der Waals surface area (Å²) in [6.45, 7) is 0. The molecular formula is C26H21NO6. The number of ether oxygens (including phenoxy) is 3. The lowest BCUT2D eigenvalue weighted by Gasteiger charge is -2.19. The van der Waals surface area contributed by atoms with Gasteiger partial charge < -0.3 is 23.9 Å². The first kappa shape index (κ1) is 20.6. The van der Waals surface area contributed by atoms with Crippen LogP contribution in [0.4, 0.5) is 5.69 Å². The highest BCUT2D eigenvalue weighted by Crippen LogP contribution is 2.44. The number of hydrogen-bond donors (Lipinski definition) is 1. The lowest BCUT2D eigenvalue weighted by Crippen LogP contribution is -2.35. The van der Waals surface area contributed by atoms with Crippen LogP contribution in [-0.4, -0.2) is 26.2 Å². The first-order valence-corrected chi connectivity index (χ1v) is 10.4. The molecule has 7 nitrogen and oxygen atoms in total. The Bertz CT molecular complexity index is 1380. The third-order valence-corrected chi connectivity index (χ3v) is 5.75. The molecule has 1 N–H and O–H groups in total. The minimum Gasteiger partial charge on any atom is -0.497 e. The summed E-state index contributed by atoms with van der Waals surface area (Å²) in [4.78, 5) is 26.4. The molecule has 166 valence electrons. The van der Waals surface area contributed by atoms with Gasteiger partial charge in [0.15, 0.2) is 6.10 Å². The number of rotatable bonds is 5. The van der Waals surface area contributed by atoms with Crippen LogP contribution in [0.3, 0.4) is 0 Å². The second kappa shape index (κ2) is 8.35. The summed E-state index contributed by atoms with van der Waals surface area (Å²) < 4.78 is 22.2. The number of methoxy groups -OCH3 is 2. The van der Waals surface area contributed by atoms with E-state index >= 15 is 0 Å². The minimum absolute atomic E-state index is 0.328. The molecule has 4 aromatic rings. The standard InChI is InChI=1S/C26H21NO6/c1-30-17-11-7-15(8-12-17)21-22-23(19-5-3-4-6-20(19)32-26(22)29)33-24(21)25(28)27-16-9-13-18(31-2)14-10-16/h3-14,21,24H,1-2H3,(H,27,28)/t21-,24+/m1/s1. The van der Waals surface area contributed by atoms with Crippen LogP contribution in [0.5, 0.6) is 17.2 Å². The number of carbonyl (C=O) groups excluding carboxylic acids is 1. The van der Waals surface area contributed by atoms with Gasteiger partial charge in [0.25, 0.3) is 5.91 Å². The molecule has 0 saturated carbocycles. The molecule has 3 aromatic carbocycles. The summed E-state index contributed by atoms with van der Waals surface area (Å²) in [6.07, 6.45) is -0.968. The first-order chi connectivity index (χ1) is 16.1. The second-order valence-electron chi connectivity index (χ2n) is 7.64. The predicted molar refractivity (Wildman–Crippen MR) is 123 cm³/mol. The van der Waals surface area contributed by atoms with E-state index in [4.69, 9.17) is 18.6 Å². The lowest BCUT2D eigenvalue weighted by atomic mass is 9.88. The maximum absolute atomic E-state index is 13.4. The maximum atomic E-state index is 13.4. The third kappa shape index (κ3) is 3.67. The minimum atomic E-state index is -0.968. The number of amides is 1. The van der Waals surface area contributed by atoms with Crippen LogP contribution in [0.1, 0.15) is 17.0 Å². The van der Waals surface area contributed by atoms with Crippen molar-refractivity contribution in [3.05, 3.63) is 94.3 Å². The number of carbonyl (C=O) groups is 1. The van der Waals surface area contributed by atoms with Crippen molar-refractivity contribution >= 4 is 22.6 Å². The fraction of sp³-hybridized carbons (Fsp3) is 0.154. The van der Waals surface area contributed by atoms with E-state index in [0.29, 0.717) is 39.5 Å². The summed E-state index contributed by atoms with van der Waals surface area (Å²) in [5.74, 6) is 0.698. The van der Waals surface area contributed by atoms with Gasteiger partial charge in [0.1, 0.15) is 22.8 Å². The first-order valence-electron chi connectivity index (χ1n) is 10.4. The second-order valence-corrected chi connectivity index (χ2v) is 7.64. The molecule has 0 saturated heterocycles. The Morgan fingerprint density at radius 2 is 1.52 bits per heavy atom. The number of fused-ring (bicyclic) bond motifs is 3. The number of hydrogen-bond acceptors (Lipinski definition) is 6. The van der Waals surface area contributed by atoms with E-state index in [2.05, 4.69) is 5.32 Å². The summed E-state index contributed by atoms with van der Waals surface area (Å²) >= 11 is 0. The predicted octanol–water partition coefficient (Wildman–Crippen LogP) is 4.34. The van der Waals surface area contributed by atoms with E-state index in [9.17, 15) is 9.59 Å². The molecule has 2 heterocycles. The number of anilines is 1. The molecule has 1 aliphatic heterocycles. The van der Waals surface area contributed by atoms with Crippen molar-refractivity contribution in [2.24, 2.45) is 0 Å². The quantitative estimate of drug-likeness (QED) is 0.462. The van der Waals surface area contributed by atoms with E-state index in [1.54, 1.807) is 62.8 Å². The molecule has 7 heteroatoms. The van der Waals surface area contributed by atoms with Crippen molar-refractivity contribution < 1.29 is 23.4 Å². The zero-order valence-electron chi connectivity index (χ0n) is 18.0. The van der Waals surface area contributed by atoms with Crippen LogP contribution >= 0.6 is 0 Å². The average molecular weight is 443 g/mol. The van der Waals surface area contributed by atoms with Crippen molar-refractivity contribution in [1.29, 1.82) is 0 Å². The van der Waals surface area contributed by atoms with Gasteiger partial charge in [-0.15, -0.1) is 0 Å². The maximum Gasteiger partial charge on any atom is 0.344 e.